The van der Waals surface area contributed by atoms with Crippen LogP contribution < -0.4 is 9.47 Å². The lowest BCUT2D eigenvalue weighted by Gasteiger charge is -2.20. The predicted octanol–water partition coefficient (Wildman–Crippen LogP) is 5.11. The molecule has 0 radical (unpaired) electrons. The summed E-state index contributed by atoms with van der Waals surface area (Å²) in [5.74, 6) is 2.34. The number of hydrogen-bond donors (Lipinski definition) is 3. The number of benzene rings is 2. The van der Waals surface area contributed by atoms with Crippen molar-refractivity contribution in [2.75, 3.05) is 39.8 Å². The van der Waals surface area contributed by atoms with Crippen LogP contribution in [-0.2, 0) is 35.4 Å². The van der Waals surface area contributed by atoms with Gasteiger partial charge in [-0.1, -0.05) is 24.3 Å². The molecule has 3 N–H and O–H groups in total. The van der Waals surface area contributed by atoms with Crippen LogP contribution in [0.5, 0.6) is 11.5 Å². The number of aromatic amines is 2. The van der Waals surface area contributed by atoms with Crippen LogP contribution in [0.15, 0.2) is 73.6 Å². The van der Waals surface area contributed by atoms with Gasteiger partial charge in [-0.2, -0.15) is 0 Å². The molecule has 0 spiro atoms. The molecule has 0 fully saturated rings. The number of aromatic nitrogens is 4. The van der Waals surface area contributed by atoms with Gasteiger partial charge < -0.3 is 24.5 Å². The van der Waals surface area contributed by atoms with Gasteiger partial charge in [0, 0.05) is 90.3 Å². The van der Waals surface area contributed by atoms with E-state index in [1.54, 1.807) is 33.1 Å². The molecule has 4 aromatic rings. The number of methoxy groups -OCH3 is 2. The fourth-order valence-electron chi connectivity index (χ4n) is 3.89. The van der Waals surface area contributed by atoms with Crippen molar-refractivity contribution in [1.82, 2.24) is 29.7 Å². The molecule has 14 heteroatoms. The Morgan fingerprint density at radius 2 is 1.17 bits per heavy atom. The Bertz CT molecular complexity index is 1140. The molecule has 0 aliphatic rings. The van der Waals surface area contributed by atoms with E-state index in [1.165, 1.54) is 11.1 Å². The Hall–Kier alpha value is -2.64. The molecule has 0 aliphatic carbocycles. The standard InChI is InChI=1S/C14H18ClN3O.C14H19N3O2.Cl2OS/c1-19-14-4-2-12(3-5-14)9-18(7-6-15)10-13-8-16-11-17-13;1-19-14-4-2-12(3-5-14)9-17(6-7-18)10-13-8-15-11-16-13;1-4(2)3/h2-5,8,11H,6-7,9-10H2,1H3,(H,16,17);2-5,8,11,18H,6-7,9-10H2,1H3,(H,15,16);. The maximum Gasteiger partial charge on any atom is 0.211 e. The van der Waals surface area contributed by atoms with Crippen molar-refractivity contribution in [3.63, 3.8) is 0 Å². The monoisotopic (exact) mass is 658 g/mol. The van der Waals surface area contributed by atoms with E-state index in [0.717, 1.165) is 55.6 Å². The van der Waals surface area contributed by atoms with Crippen LogP contribution in [-0.4, -0.2) is 78.8 Å². The molecule has 42 heavy (non-hydrogen) atoms. The summed E-state index contributed by atoms with van der Waals surface area (Å²) < 4.78 is 19.4. The third-order valence-electron chi connectivity index (χ3n) is 5.85. The number of imidazole rings is 2. The number of halogens is 3. The zero-order valence-corrected chi connectivity index (χ0v) is 26.7. The van der Waals surface area contributed by atoms with Gasteiger partial charge in [0.15, 0.2) is 0 Å². The smallest absolute Gasteiger partial charge is 0.211 e. The van der Waals surface area contributed by atoms with E-state index < -0.39 is 9.23 Å². The number of H-pyrrole nitrogens is 2. The fraction of sp³-hybridized carbons (Fsp3) is 0.357. The molecule has 10 nitrogen and oxygen atoms in total. The van der Waals surface area contributed by atoms with Crippen LogP contribution in [0.25, 0.3) is 0 Å². The van der Waals surface area contributed by atoms with Crippen LogP contribution >= 0.6 is 33.0 Å². The minimum absolute atomic E-state index is 0.143. The molecular formula is C28H37Cl3N6O4S. The van der Waals surface area contributed by atoms with Gasteiger partial charge in [-0.05, 0) is 35.4 Å². The Labute approximate surface area is 263 Å². The van der Waals surface area contributed by atoms with Gasteiger partial charge in [0.25, 0.3) is 0 Å². The summed E-state index contributed by atoms with van der Waals surface area (Å²) in [6.07, 6.45) is 7.01. The molecule has 0 amide bonds. The number of ether oxygens (including phenoxy) is 2. The van der Waals surface area contributed by atoms with Crippen LogP contribution in [0.3, 0.4) is 0 Å². The first-order chi connectivity index (χ1) is 20.4. The molecule has 0 bridgehead atoms. The third kappa shape index (κ3) is 15.0. The number of nitrogens with zero attached hydrogens (tertiary/aromatic N) is 4. The maximum atomic E-state index is 9.14. The number of alkyl halides is 1. The quantitative estimate of drug-likeness (QED) is 0.126. The molecule has 0 aliphatic heterocycles. The highest BCUT2D eigenvalue weighted by molar-refractivity contribution is 8.26. The molecule has 2 heterocycles. The average molecular weight is 660 g/mol. The van der Waals surface area contributed by atoms with Gasteiger partial charge in [-0.25, -0.2) is 14.2 Å². The molecule has 0 atom stereocenters. The van der Waals surface area contributed by atoms with E-state index in [9.17, 15) is 0 Å². The fourth-order valence-corrected chi connectivity index (χ4v) is 4.13. The maximum absolute atomic E-state index is 9.14. The van der Waals surface area contributed by atoms with E-state index in [2.05, 4.69) is 63.2 Å². The lowest BCUT2D eigenvalue weighted by atomic mass is 10.2. The first-order valence-corrected chi connectivity index (χ1v) is 16.3. The summed E-state index contributed by atoms with van der Waals surface area (Å²) in [7, 11) is 10.7. The summed E-state index contributed by atoms with van der Waals surface area (Å²) in [4.78, 5) is 18.7. The third-order valence-corrected chi connectivity index (χ3v) is 6.01. The zero-order chi connectivity index (χ0) is 30.6. The van der Waals surface area contributed by atoms with E-state index in [0.29, 0.717) is 12.4 Å². The van der Waals surface area contributed by atoms with Gasteiger partial charge in [-0.15, -0.1) is 11.6 Å². The molecule has 230 valence electrons. The highest BCUT2D eigenvalue weighted by atomic mass is 36.0. The second-order valence-corrected chi connectivity index (χ2v) is 11.8. The molecule has 2 aromatic heterocycles. The first kappa shape index (κ1) is 35.6. The highest BCUT2D eigenvalue weighted by Gasteiger charge is 2.09. The molecule has 0 unspecified atom stereocenters. The van der Waals surface area contributed by atoms with Gasteiger partial charge >= 0.3 is 0 Å². The van der Waals surface area contributed by atoms with Gasteiger partial charge in [0.1, 0.15) is 11.5 Å². The predicted molar refractivity (Wildman–Crippen MR) is 169 cm³/mol. The molecule has 4 rings (SSSR count). The van der Waals surface area contributed by atoms with Crippen molar-refractivity contribution in [2.24, 2.45) is 0 Å². The zero-order valence-electron chi connectivity index (χ0n) is 23.6. The number of nitrogens with one attached hydrogen (secondary N) is 2. The Morgan fingerprint density at radius 1 is 0.762 bits per heavy atom. The number of hydrogen-bond acceptors (Lipinski definition) is 8. The van der Waals surface area contributed by atoms with Crippen molar-refractivity contribution < 1.29 is 18.8 Å². The minimum atomic E-state index is -1.67. The van der Waals surface area contributed by atoms with Crippen LogP contribution in [0, 0.1) is 0 Å². The van der Waals surface area contributed by atoms with Crippen molar-refractivity contribution in [2.45, 2.75) is 26.2 Å². The summed E-state index contributed by atoms with van der Waals surface area (Å²) in [6.45, 7) is 4.81. The second-order valence-electron chi connectivity index (χ2n) is 8.87. The molecule has 0 saturated carbocycles. The Kier molecular flexibility index (Phi) is 17.9. The van der Waals surface area contributed by atoms with Crippen molar-refractivity contribution in [3.8, 4) is 11.5 Å². The number of aliphatic hydroxyl groups is 1. The van der Waals surface area contributed by atoms with Crippen molar-refractivity contribution in [1.29, 1.82) is 0 Å². The largest absolute Gasteiger partial charge is 0.497 e. The number of aliphatic hydroxyl groups excluding tert-OH is 1. The average Bonchev–Trinajstić information content (AvgIpc) is 3.69. The van der Waals surface area contributed by atoms with E-state index in [4.69, 9.17) is 30.4 Å². The SMILES string of the molecule is COc1ccc(CN(CCCl)Cc2cnc[nH]2)cc1.COc1ccc(CN(CCO)Cc2cnc[nH]2)cc1.O=S(Cl)Cl. The van der Waals surface area contributed by atoms with Crippen LogP contribution in [0.1, 0.15) is 22.5 Å². The minimum Gasteiger partial charge on any atom is -0.497 e. The van der Waals surface area contributed by atoms with Gasteiger partial charge in [0.05, 0.1) is 33.5 Å². The molecule has 2 aromatic carbocycles. The van der Waals surface area contributed by atoms with E-state index >= 15 is 0 Å². The molecule has 0 saturated heterocycles. The van der Waals surface area contributed by atoms with Crippen molar-refractivity contribution >= 4 is 42.2 Å². The van der Waals surface area contributed by atoms with Crippen LogP contribution in [0.4, 0.5) is 0 Å². The topological polar surface area (TPSA) is 120 Å². The van der Waals surface area contributed by atoms with E-state index in [-0.39, 0.29) is 6.61 Å². The normalized spacial score (nSPS) is 10.7. The Morgan fingerprint density at radius 3 is 1.48 bits per heavy atom. The van der Waals surface area contributed by atoms with Gasteiger partial charge in [0.2, 0.25) is 9.23 Å². The van der Waals surface area contributed by atoms with Gasteiger partial charge in [-0.3, -0.25) is 9.80 Å². The lowest BCUT2D eigenvalue weighted by molar-refractivity contribution is 0.183. The highest BCUT2D eigenvalue weighted by Crippen LogP contribution is 2.15. The number of rotatable bonds is 14. The van der Waals surface area contributed by atoms with Crippen molar-refractivity contribution in [3.05, 3.63) is 96.1 Å². The molecular weight excluding hydrogens is 623 g/mol. The van der Waals surface area contributed by atoms with E-state index in [1.807, 2.05) is 42.6 Å². The Balaban J connectivity index is 0.000000261. The van der Waals surface area contributed by atoms with Crippen LogP contribution in [0.2, 0.25) is 0 Å². The summed E-state index contributed by atoms with van der Waals surface area (Å²) >= 11 is 5.86. The first-order valence-electron chi connectivity index (χ1n) is 12.9. The second kappa shape index (κ2) is 21.1. The summed E-state index contributed by atoms with van der Waals surface area (Å²) in [5, 5.41) is 9.14. The lowest BCUT2D eigenvalue weighted by Crippen LogP contribution is -2.26. The summed E-state index contributed by atoms with van der Waals surface area (Å²) in [5.41, 5.74) is 4.57. The summed E-state index contributed by atoms with van der Waals surface area (Å²) in [6, 6.07) is 16.1.